The lowest BCUT2D eigenvalue weighted by atomic mass is 9.79. The molecule has 0 bridgehead atoms. The van der Waals surface area contributed by atoms with E-state index in [4.69, 9.17) is 0 Å². The highest BCUT2D eigenvalue weighted by molar-refractivity contribution is 9.10. The molecule has 1 heterocycles. The molecular weight excluding hydrogens is 312 g/mol. The maximum absolute atomic E-state index is 11.9. The van der Waals surface area contributed by atoms with Gasteiger partial charge in [0.25, 0.3) is 0 Å². The molecule has 1 aromatic heterocycles. The van der Waals surface area contributed by atoms with E-state index in [9.17, 15) is 14.7 Å². The highest BCUT2D eigenvalue weighted by Crippen LogP contribution is 2.31. The van der Waals surface area contributed by atoms with Crippen LogP contribution in [0.5, 0.6) is 0 Å². The van der Waals surface area contributed by atoms with Crippen molar-refractivity contribution in [3.05, 3.63) is 22.9 Å². The normalized spacial score (nSPS) is 11.1. The van der Waals surface area contributed by atoms with E-state index in [0.29, 0.717) is 18.5 Å². The lowest BCUT2D eigenvalue weighted by Crippen LogP contribution is -2.34. The van der Waals surface area contributed by atoms with Gasteiger partial charge in [-0.3, -0.25) is 14.6 Å². The van der Waals surface area contributed by atoms with Gasteiger partial charge in [0.1, 0.15) is 0 Å². The number of nitrogens with zero attached hydrogens (tertiary/aromatic N) is 1. The summed E-state index contributed by atoms with van der Waals surface area (Å²) in [6.45, 7) is 3.57. The van der Waals surface area contributed by atoms with Crippen molar-refractivity contribution < 1.29 is 14.7 Å². The van der Waals surface area contributed by atoms with E-state index >= 15 is 0 Å². The molecule has 0 aromatic carbocycles. The molecule has 1 aromatic rings. The lowest BCUT2D eigenvalue weighted by molar-refractivity contribution is -0.151. The summed E-state index contributed by atoms with van der Waals surface area (Å²) in [7, 11) is 0. The third kappa shape index (κ3) is 4.02. The van der Waals surface area contributed by atoms with E-state index in [1.165, 1.54) is 6.20 Å². The molecule has 0 aliphatic carbocycles. The third-order valence-corrected chi connectivity index (χ3v) is 3.73. The Morgan fingerprint density at radius 2 is 2.00 bits per heavy atom. The number of carbonyl (C=O) groups is 2. The second-order valence-corrected chi connectivity index (χ2v) is 5.33. The van der Waals surface area contributed by atoms with Crippen LogP contribution < -0.4 is 5.32 Å². The van der Waals surface area contributed by atoms with Gasteiger partial charge in [0.05, 0.1) is 17.3 Å². The molecule has 0 fully saturated rings. The third-order valence-electron chi connectivity index (χ3n) is 3.29. The van der Waals surface area contributed by atoms with Crippen LogP contribution >= 0.6 is 15.9 Å². The highest BCUT2D eigenvalue weighted by Gasteiger charge is 2.37. The van der Waals surface area contributed by atoms with Crippen LogP contribution in [0.3, 0.4) is 0 Å². The van der Waals surface area contributed by atoms with Crippen molar-refractivity contribution in [2.24, 2.45) is 5.41 Å². The number of carboxylic acids is 1. The monoisotopic (exact) mass is 328 g/mol. The zero-order chi connectivity index (χ0) is 14.5. The number of anilines is 1. The molecule has 0 aliphatic heterocycles. The van der Waals surface area contributed by atoms with Crippen LogP contribution in [-0.4, -0.2) is 22.0 Å². The van der Waals surface area contributed by atoms with Crippen LogP contribution in [0, 0.1) is 5.41 Å². The van der Waals surface area contributed by atoms with Crippen molar-refractivity contribution in [1.82, 2.24) is 4.98 Å². The van der Waals surface area contributed by atoms with Gasteiger partial charge >= 0.3 is 5.97 Å². The Hall–Kier alpha value is -1.43. The predicted molar refractivity (Wildman–Crippen MR) is 75.8 cm³/mol. The molecule has 0 aliphatic rings. The minimum Gasteiger partial charge on any atom is -0.481 e. The number of aromatic nitrogens is 1. The zero-order valence-electron chi connectivity index (χ0n) is 10.9. The molecule has 6 heteroatoms. The minimum atomic E-state index is -0.997. The number of pyridine rings is 1. The summed E-state index contributed by atoms with van der Waals surface area (Å²) in [5, 5.41) is 11.9. The van der Waals surface area contributed by atoms with Gasteiger partial charge in [0, 0.05) is 17.1 Å². The number of carbonyl (C=O) groups excluding carboxylic acids is 1. The van der Waals surface area contributed by atoms with Crippen molar-refractivity contribution >= 4 is 33.5 Å². The van der Waals surface area contributed by atoms with E-state index in [-0.39, 0.29) is 12.3 Å². The van der Waals surface area contributed by atoms with Crippen molar-refractivity contribution in [2.75, 3.05) is 5.32 Å². The average molecular weight is 329 g/mol. The number of rotatable bonds is 6. The second kappa shape index (κ2) is 6.65. The largest absolute Gasteiger partial charge is 0.481 e. The number of hydrogen-bond acceptors (Lipinski definition) is 3. The van der Waals surface area contributed by atoms with Gasteiger partial charge in [-0.05, 0) is 34.8 Å². The summed E-state index contributed by atoms with van der Waals surface area (Å²) in [5.41, 5.74) is -0.449. The molecule has 0 spiro atoms. The first-order chi connectivity index (χ1) is 8.93. The number of aliphatic carboxylic acids is 1. The molecule has 5 nitrogen and oxygen atoms in total. The van der Waals surface area contributed by atoms with Gasteiger partial charge < -0.3 is 10.4 Å². The van der Waals surface area contributed by atoms with Crippen molar-refractivity contribution in [1.29, 1.82) is 0 Å². The fourth-order valence-corrected chi connectivity index (χ4v) is 2.24. The lowest BCUT2D eigenvalue weighted by Gasteiger charge is -2.25. The maximum Gasteiger partial charge on any atom is 0.310 e. The fraction of sp³-hybridized carbons (Fsp3) is 0.462. The fourth-order valence-electron chi connectivity index (χ4n) is 1.87. The number of nitrogens with one attached hydrogen (secondary N) is 1. The summed E-state index contributed by atoms with van der Waals surface area (Å²) in [6, 6.07) is 1.71. The Balaban J connectivity index is 2.76. The minimum absolute atomic E-state index is 0.0398. The van der Waals surface area contributed by atoms with Gasteiger partial charge in [-0.25, -0.2) is 0 Å². The first-order valence-corrected chi connectivity index (χ1v) is 6.86. The van der Waals surface area contributed by atoms with Crippen LogP contribution in [0.1, 0.15) is 33.1 Å². The molecule has 1 amide bonds. The Bertz CT molecular complexity index is 473. The number of halogens is 1. The van der Waals surface area contributed by atoms with Crippen LogP contribution in [0.4, 0.5) is 5.69 Å². The quantitative estimate of drug-likeness (QED) is 0.841. The summed E-state index contributed by atoms with van der Waals surface area (Å²) in [6.07, 6.45) is 3.92. The van der Waals surface area contributed by atoms with Gasteiger partial charge in [-0.1, -0.05) is 13.8 Å². The molecule has 2 N–H and O–H groups in total. The molecule has 0 saturated heterocycles. The Morgan fingerprint density at radius 1 is 1.37 bits per heavy atom. The summed E-state index contributed by atoms with van der Waals surface area (Å²) in [5.74, 6) is -1.24. The molecule has 19 heavy (non-hydrogen) atoms. The number of hydrogen-bond donors (Lipinski definition) is 2. The molecular formula is C13H17BrN2O3. The van der Waals surface area contributed by atoms with Crippen LogP contribution in [0.2, 0.25) is 0 Å². The van der Waals surface area contributed by atoms with Crippen LogP contribution in [-0.2, 0) is 9.59 Å². The molecule has 0 radical (unpaired) electrons. The Morgan fingerprint density at radius 3 is 2.47 bits per heavy atom. The maximum atomic E-state index is 11.9. The zero-order valence-corrected chi connectivity index (χ0v) is 12.5. The summed E-state index contributed by atoms with van der Waals surface area (Å²) in [4.78, 5) is 27.2. The van der Waals surface area contributed by atoms with Gasteiger partial charge in [0.2, 0.25) is 5.91 Å². The molecule has 0 atom stereocenters. The Labute approximate surface area is 120 Å². The van der Waals surface area contributed by atoms with Gasteiger partial charge in [-0.15, -0.1) is 0 Å². The average Bonchev–Trinajstić information content (AvgIpc) is 2.35. The van der Waals surface area contributed by atoms with Crippen molar-refractivity contribution in [2.45, 2.75) is 33.1 Å². The van der Waals surface area contributed by atoms with Crippen LogP contribution in [0.15, 0.2) is 22.9 Å². The van der Waals surface area contributed by atoms with Gasteiger partial charge in [-0.2, -0.15) is 0 Å². The highest BCUT2D eigenvalue weighted by atomic mass is 79.9. The van der Waals surface area contributed by atoms with E-state index < -0.39 is 11.4 Å². The number of amides is 1. The standard InChI is InChI=1S/C13H17BrN2O3/c1-3-13(4-2,12(18)19)6-11(17)16-10-5-9(14)7-15-8-10/h5,7-8H,3-4,6H2,1-2H3,(H,16,17)(H,18,19). The molecule has 104 valence electrons. The van der Waals surface area contributed by atoms with E-state index in [0.717, 1.165) is 4.47 Å². The summed E-state index contributed by atoms with van der Waals surface area (Å²) < 4.78 is 0.751. The first-order valence-electron chi connectivity index (χ1n) is 6.07. The van der Waals surface area contributed by atoms with E-state index in [2.05, 4.69) is 26.2 Å². The SMILES string of the molecule is CCC(CC)(CC(=O)Nc1cncc(Br)c1)C(=O)O. The van der Waals surface area contributed by atoms with Crippen molar-refractivity contribution in [3.63, 3.8) is 0 Å². The molecule has 0 saturated carbocycles. The van der Waals surface area contributed by atoms with Crippen molar-refractivity contribution in [3.8, 4) is 0 Å². The second-order valence-electron chi connectivity index (χ2n) is 4.41. The topological polar surface area (TPSA) is 79.3 Å². The van der Waals surface area contributed by atoms with Crippen LogP contribution in [0.25, 0.3) is 0 Å². The van der Waals surface area contributed by atoms with Gasteiger partial charge in [0.15, 0.2) is 0 Å². The number of carboxylic acid groups (broad SMARTS) is 1. The summed E-state index contributed by atoms with van der Waals surface area (Å²) >= 11 is 3.26. The Kier molecular flexibility index (Phi) is 5.47. The van der Waals surface area contributed by atoms with E-state index in [1.807, 2.05) is 0 Å². The first kappa shape index (κ1) is 15.6. The molecule has 0 unspecified atom stereocenters. The smallest absolute Gasteiger partial charge is 0.310 e. The predicted octanol–water partition coefficient (Wildman–Crippen LogP) is 3.06. The van der Waals surface area contributed by atoms with E-state index in [1.54, 1.807) is 26.1 Å². The molecule has 1 rings (SSSR count).